The molecule has 0 aliphatic rings. The topological polar surface area (TPSA) is 52.5 Å². The highest BCUT2D eigenvalue weighted by Crippen LogP contribution is 2.18. The lowest BCUT2D eigenvalue weighted by atomic mass is 10.2. The normalized spacial score (nSPS) is 10.2. The molecule has 2 rings (SSSR count). The first kappa shape index (κ1) is 8.14. The number of aryl methyl sites for hydroxylation is 1. The van der Waals surface area contributed by atoms with Crippen molar-refractivity contribution in [3.8, 4) is 5.40 Å². The van der Waals surface area contributed by atoms with E-state index in [9.17, 15) is 0 Å². The number of benzene rings is 1. The van der Waals surface area contributed by atoms with E-state index in [1.165, 1.54) is 5.56 Å². The number of thiocyanates is 1. The number of H-pyrrole nitrogens is 1. The van der Waals surface area contributed by atoms with Crippen LogP contribution in [-0.4, -0.2) is 9.97 Å². The highest BCUT2D eigenvalue weighted by Gasteiger charge is 2.01. The van der Waals surface area contributed by atoms with E-state index in [2.05, 4.69) is 9.97 Å². The van der Waals surface area contributed by atoms with Crippen molar-refractivity contribution in [2.45, 2.75) is 12.1 Å². The third kappa shape index (κ3) is 1.51. The quantitative estimate of drug-likeness (QED) is 0.553. The maximum absolute atomic E-state index is 8.45. The summed E-state index contributed by atoms with van der Waals surface area (Å²) in [6, 6.07) is 5.97. The van der Waals surface area contributed by atoms with Crippen LogP contribution in [0.4, 0.5) is 0 Å². The van der Waals surface area contributed by atoms with Gasteiger partial charge in [-0.3, -0.25) is 0 Å². The number of nitrogens with zero attached hydrogens (tertiary/aromatic N) is 2. The van der Waals surface area contributed by atoms with E-state index in [1.54, 1.807) is 0 Å². The smallest absolute Gasteiger partial charge is 0.181 e. The van der Waals surface area contributed by atoms with Gasteiger partial charge in [0.15, 0.2) is 5.16 Å². The minimum Gasteiger partial charge on any atom is -0.332 e. The molecule has 2 aromatic rings. The van der Waals surface area contributed by atoms with Gasteiger partial charge in [0.1, 0.15) is 5.40 Å². The van der Waals surface area contributed by atoms with Crippen LogP contribution in [0.15, 0.2) is 23.4 Å². The number of hydrogen-bond donors (Lipinski definition) is 1. The fraction of sp³-hybridized carbons (Fsp3) is 0.111. The molecule has 4 heteroatoms. The second-order valence-electron chi connectivity index (χ2n) is 2.76. The Kier molecular flexibility index (Phi) is 1.95. The van der Waals surface area contributed by atoms with Crippen LogP contribution in [0.5, 0.6) is 0 Å². The summed E-state index contributed by atoms with van der Waals surface area (Å²) < 4.78 is 0. The Balaban J connectivity index is 2.57. The van der Waals surface area contributed by atoms with Gasteiger partial charge in [-0.15, -0.1) is 0 Å². The minimum atomic E-state index is 0.656. The molecule has 0 atom stereocenters. The third-order valence-electron chi connectivity index (χ3n) is 1.76. The zero-order valence-corrected chi connectivity index (χ0v) is 7.85. The van der Waals surface area contributed by atoms with Crippen LogP contribution >= 0.6 is 11.8 Å². The average Bonchev–Trinajstić information content (AvgIpc) is 2.46. The molecule has 0 aliphatic carbocycles. The van der Waals surface area contributed by atoms with Crippen molar-refractivity contribution < 1.29 is 0 Å². The van der Waals surface area contributed by atoms with Crippen molar-refractivity contribution in [2.75, 3.05) is 0 Å². The molecule has 64 valence electrons. The molecule has 0 saturated carbocycles. The van der Waals surface area contributed by atoms with Crippen molar-refractivity contribution in [3.63, 3.8) is 0 Å². The molecule has 0 unspecified atom stereocenters. The molecule has 3 nitrogen and oxygen atoms in total. The van der Waals surface area contributed by atoms with Gasteiger partial charge < -0.3 is 4.98 Å². The summed E-state index contributed by atoms with van der Waals surface area (Å²) in [4.78, 5) is 7.30. The van der Waals surface area contributed by atoms with E-state index >= 15 is 0 Å². The lowest BCUT2D eigenvalue weighted by Gasteiger charge is -1.89. The molecule has 13 heavy (non-hydrogen) atoms. The Hall–Kier alpha value is -1.47. The first-order chi connectivity index (χ1) is 6.29. The summed E-state index contributed by atoms with van der Waals surface area (Å²) in [5.74, 6) is 0. The van der Waals surface area contributed by atoms with Crippen LogP contribution in [0, 0.1) is 17.6 Å². The Morgan fingerprint density at radius 2 is 2.38 bits per heavy atom. The maximum atomic E-state index is 8.45. The monoisotopic (exact) mass is 189 g/mol. The predicted molar refractivity (Wildman–Crippen MR) is 52.3 cm³/mol. The Labute approximate surface area is 79.8 Å². The van der Waals surface area contributed by atoms with E-state index in [-0.39, 0.29) is 0 Å². The molecule has 0 saturated heterocycles. The third-order valence-corrected chi connectivity index (χ3v) is 2.24. The van der Waals surface area contributed by atoms with Crippen molar-refractivity contribution in [1.82, 2.24) is 9.97 Å². The zero-order valence-electron chi connectivity index (χ0n) is 7.03. The largest absolute Gasteiger partial charge is 0.332 e. The van der Waals surface area contributed by atoms with Crippen molar-refractivity contribution in [2.24, 2.45) is 0 Å². The number of aromatic nitrogens is 2. The standard InChI is InChI=1S/C9H7N3S/c1-6-2-3-7-8(4-6)12-9(11-7)13-5-10/h2-4H,1H3,(H,11,12). The molecule has 0 radical (unpaired) electrons. The minimum absolute atomic E-state index is 0.656. The number of hydrogen-bond acceptors (Lipinski definition) is 3. The van der Waals surface area contributed by atoms with Gasteiger partial charge in [0.25, 0.3) is 0 Å². The summed E-state index contributed by atoms with van der Waals surface area (Å²) in [6.45, 7) is 2.03. The second kappa shape index (κ2) is 3.11. The van der Waals surface area contributed by atoms with Crippen molar-refractivity contribution >= 4 is 22.8 Å². The second-order valence-corrected chi connectivity index (χ2v) is 3.53. The molecule has 1 heterocycles. The zero-order chi connectivity index (χ0) is 9.26. The van der Waals surface area contributed by atoms with Gasteiger partial charge in [0.2, 0.25) is 0 Å². The van der Waals surface area contributed by atoms with Gasteiger partial charge in [0, 0.05) is 11.8 Å². The summed E-state index contributed by atoms with van der Waals surface area (Å²) in [5, 5.41) is 11.1. The summed E-state index contributed by atoms with van der Waals surface area (Å²) in [6.07, 6.45) is 0. The summed E-state index contributed by atoms with van der Waals surface area (Å²) in [7, 11) is 0. The van der Waals surface area contributed by atoms with Crippen LogP contribution in [0.25, 0.3) is 11.0 Å². The first-order valence-corrected chi connectivity index (χ1v) is 4.63. The fourth-order valence-corrected chi connectivity index (χ4v) is 1.58. The fourth-order valence-electron chi connectivity index (χ4n) is 1.19. The molecule has 1 aromatic heterocycles. The molecular formula is C9H7N3S. The lowest BCUT2D eigenvalue weighted by molar-refractivity contribution is 1.09. The Morgan fingerprint density at radius 1 is 1.54 bits per heavy atom. The van der Waals surface area contributed by atoms with Crippen LogP contribution in [-0.2, 0) is 0 Å². The number of aromatic amines is 1. The maximum Gasteiger partial charge on any atom is 0.181 e. The van der Waals surface area contributed by atoms with Crippen molar-refractivity contribution in [1.29, 1.82) is 5.26 Å². The van der Waals surface area contributed by atoms with E-state index in [0.717, 1.165) is 22.8 Å². The average molecular weight is 189 g/mol. The molecule has 0 spiro atoms. The van der Waals surface area contributed by atoms with Gasteiger partial charge in [-0.2, -0.15) is 5.26 Å². The van der Waals surface area contributed by atoms with E-state index < -0.39 is 0 Å². The number of nitrogens with one attached hydrogen (secondary N) is 1. The number of nitriles is 1. The van der Waals surface area contributed by atoms with E-state index in [0.29, 0.717) is 5.16 Å². The van der Waals surface area contributed by atoms with Crippen LogP contribution in [0.3, 0.4) is 0 Å². The van der Waals surface area contributed by atoms with Gasteiger partial charge in [-0.25, -0.2) is 4.98 Å². The molecule has 0 aliphatic heterocycles. The molecule has 0 amide bonds. The van der Waals surface area contributed by atoms with Crippen LogP contribution in [0.1, 0.15) is 5.56 Å². The molecule has 1 aromatic carbocycles. The van der Waals surface area contributed by atoms with Crippen molar-refractivity contribution in [3.05, 3.63) is 23.8 Å². The first-order valence-electron chi connectivity index (χ1n) is 3.82. The van der Waals surface area contributed by atoms with E-state index in [4.69, 9.17) is 5.26 Å². The number of thioether (sulfide) groups is 1. The van der Waals surface area contributed by atoms with Gasteiger partial charge in [0.05, 0.1) is 11.0 Å². The van der Waals surface area contributed by atoms with Crippen LogP contribution < -0.4 is 0 Å². The SMILES string of the molecule is Cc1ccc2nc(SC#N)[nH]c2c1. The van der Waals surface area contributed by atoms with E-state index in [1.807, 2.05) is 30.5 Å². The Bertz CT molecular complexity index is 481. The Morgan fingerprint density at radius 3 is 3.15 bits per heavy atom. The number of rotatable bonds is 1. The number of fused-ring (bicyclic) bond motifs is 1. The van der Waals surface area contributed by atoms with Gasteiger partial charge in [-0.05, 0) is 24.6 Å². The number of imidazole rings is 1. The molecule has 0 fully saturated rings. The van der Waals surface area contributed by atoms with Crippen LogP contribution in [0.2, 0.25) is 0 Å². The highest BCUT2D eigenvalue weighted by molar-refractivity contribution is 8.03. The lowest BCUT2D eigenvalue weighted by Crippen LogP contribution is -1.71. The highest BCUT2D eigenvalue weighted by atomic mass is 32.2. The molecule has 1 N–H and O–H groups in total. The van der Waals surface area contributed by atoms with Gasteiger partial charge >= 0.3 is 0 Å². The van der Waals surface area contributed by atoms with Gasteiger partial charge in [-0.1, -0.05) is 6.07 Å². The predicted octanol–water partition coefficient (Wildman–Crippen LogP) is 2.44. The summed E-state index contributed by atoms with van der Waals surface area (Å²) in [5.41, 5.74) is 3.07. The molecule has 0 bridgehead atoms. The summed E-state index contributed by atoms with van der Waals surface area (Å²) >= 11 is 1.05. The molecular weight excluding hydrogens is 182 g/mol.